The van der Waals surface area contributed by atoms with Gasteiger partial charge in [0.1, 0.15) is 5.82 Å². The molecule has 0 radical (unpaired) electrons. The first-order valence-electron chi connectivity index (χ1n) is 5.02. The van der Waals surface area contributed by atoms with E-state index >= 15 is 0 Å². The number of methoxy groups -OCH3 is 1. The highest BCUT2D eigenvalue weighted by Crippen LogP contribution is 2.26. The highest BCUT2D eigenvalue weighted by Gasteiger charge is 2.05. The van der Waals surface area contributed by atoms with Crippen LogP contribution in [0, 0.1) is 5.82 Å². The minimum atomic E-state index is -0.345. The molecule has 0 unspecified atom stereocenters. The van der Waals surface area contributed by atoms with Crippen molar-refractivity contribution in [3.63, 3.8) is 0 Å². The lowest BCUT2D eigenvalue weighted by atomic mass is 10.2. The van der Waals surface area contributed by atoms with Gasteiger partial charge in [0.2, 0.25) is 5.88 Å². The van der Waals surface area contributed by atoms with Gasteiger partial charge in [-0.15, -0.1) is 0 Å². The van der Waals surface area contributed by atoms with Crippen LogP contribution in [0.5, 0.6) is 5.88 Å². The first-order valence-corrected chi connectivity index (χ1v) is 5.02. The zero-order valence-corrected chi connectivity index (χ0v) is 9.27. The summed E-state index contributed by atoms with van der Waals surface area (Å²) in [7, 11) is 1.51. The number of ether oxygens (including phenoxy) is 1. The average Bonchev–Trinajstić information content (AvgIpc) is 2.35. The topological polar surface area (TPSA) is 60.2 Å². The second-order valence-electron chi connectivity index (χ2n) is 3.42. The number of nitrogens with zero attached hydrogens (tertiary/aromatic N) is 1. The van der Waals surface area contributed by atoms with E-state index in [-0.39, 0.29) is 5.82 Å². The number of hydrogen-bond donors (Lipinski definition) is 2. The third kappa shape index (κ3) is 2.44. The third-order valence-corrected chi connectivity index (χ3v) is 2.26. The van der Waals surface area contributed by atoms with Crippen LogP contribution < -0.4 is 15.8 Å². The van der Waals surface area contributed by atoms with Crippen LogP contribution in [-0.2, 0) is 0 Å². The molecule has 88 valence electrons. The van der Waals surface area contributed by atoms with Crippen molar-refractivity contribution in [2.75, 3.05) is 18.2 Å². The molecule has 1 aromatic carbocycles. The molecule has 1 aromatic heterocycles. The smallest absolute Gasteiger partial charge is 0.215 e. The fourth-order valence-corrected chi connectivity index (χ4v) is 1.37. The normalized spacial score (nSPS) is 10.0. The minimum Gasteiger partial charge on any atom is -0.481 e. The summed E-state index contributed by atoms with van der Waals surface area (Å²) in [5, 5.41) is 2.90. The lowest BCUT2D eigenvalue weighted by Gasteiger charge is -2.10. The zero-order valence-electron chi connectivity index (χ0n) is 9.27. The van der Waals surface area contributed by atoms with Crippen molar-refractivity contribution in [3.8, 4) is 5.88 Å². The maximum Gasteiger partial charge on any atom is 0.215 e. The highest BCUT2D eigenvalue weighted by molar-refractivity contribution is 5.72. The molecule has 4 nitrogen and oxygen atoms in total. The van der Waals surface area contributed by atoms with Gasteiger partial charge < -0.3 is 15.8 Å². The Labute approximate surface area is 98.2 Å². The van der Waals surface area contributed by atoms with Crippen LogP contribution in [0.2, 0.25) is 0 Å². The van der Waals surface area contributed by atoms with Gasteiger partial charge in [-0.25, -0.2) is 9.37 Å². The molecule has 0 spiro atoms. The predicted molar refractivity (Wildman–Crippen MR) is 64.9 cm³/mol. The second-order valence-corrected chi connectivity index (χ2v) is 3.42. The molecule has 0 fully saturated rings. The monoisotopic (exact) mass is 233 g/mol. The number of nitrogen functional groups attached to an aromatic ring is 1. The summed E-state index contributed by atoms with van der Waals surface area (Å²) in [6.45, 7) is 0. The van der Waals surface area contributed by atoms with Gasteiger partial charge in [-0.3, -0.25) is 0 Å². The number of hydrogen-bond acceptors (Lipinski definition) is 4. The molecule has 0 aliphatic heterocycles. The molecule has 2 rings (SSSR count). The van der Waals surface area contributed by atoms with Crippen molar-refractivity contribution < 1.29 is 9.13 Å². The van der Waals surface area contributed by atoms with Gasteiger partial charge in [-0.2, -0.15) is 0 Å². The van der Waals surface area contributed by atoms with E-state index in [4.69, 9.17) is 10.5 Å². The SMILES string of the molecule is COc1cc(Nc2ccccc2F)c(N)cn1. The van der Waals surface area contributed by atoms with Gasteiger partial charge in [-0.05, 0) is 12.1 Å². The number of anilines is 3. The Kier molecular flexibility index (Phi) is 3.09. The van der Waals surface area contributed by atoms with Crippen LogP contribution in [0.3, 0.4) is 0 Å². The molecule has 3 N–H and O–H groups in total. The number of nitrogens with one attached hydrogen (secondary N) is 1. The van der Waals surface area contributed by atoms with E-state index in [9.17, 15) is 4.39 Å². The number of aromatic nitrogens is 1. The molecule has 0 atom stereocenters. The largest absolute Gasteiger partial charge is 0.481 e. The second kappa shape index (κ2) is 4.69. The maximum atomic E-state index is 13.4. The fourth-order valence-electron chi connectivity index (χ4n) is 1.37. The number of para-hydroxylation sites is 1. The van der Waals surface area contributed by atoms with Gasteiger partial charge in [0, 0.05) is 6.07 Å². The van der Waals surface area contributed by atoms with Gasteiger partial charge in [0.15, 0.2) is 0 Å². The van der Waals surface area contributed by atoms with Crippen molar-refractivity contribution in [2.45, 2.75) is 0 Å². The predicted octanol–water partition coefficient (Wildman–Crippen LogP) is 2.56. The number of rotatable bonds is 3. The number of benzene rings is 1. The summed E-state index contributed by atoms with van der Waals surface area (Å²) < 4.78 is 18.4. The molecule has 0 bridgehead atoms. The Morgan fingerprint density at radius 3 is 2.76 bits per heavy atom. The summed E-state index contributed by atoms with van der Waals surface area (Å²) in [6.07, 6.45) is 1.46. The summed E-state index contributed by atoms with van der Waals surface area (Å²) in [5.41, 5.74) is 7.08. The molecule has 0 saturated carbocycles. The molecule has 17 heavy (non-hydrogen) atoms. The highest BCUT2D eigenvalue weighted by atomic mass is 19.1. The Balaban J connectivity index is 2.32. The van der Waals surface area contributed by atoms with Gasteiger partial charge >= 0.3 is 0 Å². The van der Waals surface area contributed by atoms with Crippen molar-refractivity contribution in [1.29, 1.82) is 0 Å². The van der Waals surface area contributed by atoms with E-state index in [2.05, 4.69) is 10.3 Å². The van der Waals surface area contributed by atoms with Crippen molar-refractivity contribution in [1.82, 2.24) is 4.98 Å². The Morgan fingerprint density at radius 2 is 2.06 bits per heavy atom. The summed E-state index contributed by atoms with van der Waals surface area (Å²) in [6, 6.07) is 7.97. The standard InChI is InChI=1S/C12H12FN3O/c1-17-12-6-11(9(14)7-15-12)16-10-5-3-2-4-8(10)13/h2-7H,14H2,1H3,(H,15,16). The van der Waals surface area contributed by atoms with Crippen molar-refractivity contribution in [3.05, 3.63) is 42.3 Å². The first kappa shape index (κ1) is 11.2. The van der Waals surface area contributed by atoms with Gasteiger partial charge in [0.25, 0.3) is 0 Å². The van der Waals surface area contributed by atoms with E-state index in [1.165, 1.54) is 19.4 Å². The van der Waals surface area contributed by atoms with Crippen molar-refractivity contribution >= 4 is 17.1 Å². The molecule has 0 aliphatic rings. The van der Waals surface area contributed by atoms with Crippen LogP contribution >= 0.6 is 0 Å². The molecule has 2 aromatic rings. The third-order valence-electron chi connectivity index (χ3n) is 2.26. The van der Waals surface area contributed by atoms with Crippen LogP contribution in [0.4, 0.5) is 21.5 Å². The molecular formula is C12H12FN3O. The minimum absolute atomic E-state index is 0.345. The van der Waals surface area contributed by atoms with E-state index in [0.717, 1.165) is 0 Å². The molecule has 0 aliphatic carbocycles. The Bertz CT molecular complexity index is 531. The molecule has 5 heteroatoms. The number of halogens is 1. The Morgan fingerprint density at radius 1 is 1.29 bits per heavy atom. The van der Waals surface area contributed by atoms with E-state index < -0.39 is 0 Å². The van der Waals surface area contributed by atoms with Crippen LogP contribution in [0.15, 0.2) is 36.5 Å². The van der Waals surface area contributed by atoms with E-state index in [1.807, 2.05) is 0 Å². The van der Waals surface area contributed by atoms with Gasteiger partial charge in [-0.1, -0.05) is 12.1 Å². The maximum absolute atomic E-state index is 13.4. The summed E-state index contributed by atoms with van der Waals surface area (Å²) in [5.74, 6) is 0.0701. The van der Waals surface area contributed by atoms with E-state index in [1.54, 1.807) is 24.3 Å². The number of pyridine rings is 1. The van der Waals surface area contributed by atoms with Crippen molar-refractivity contribution in [2.24, 2.45) is 0 Å². The van der Waals surface area contributed by atoms with Gasteiger partial charge in [0.05, 0.1) is 30.4 Å². The lowest BCUT2D eigenvalue weighted by Crippen LogP contribution is -2.00. The Hall–Kier alpha value is -2.30. The number of nitrogens with two attached hydrogens (primary N) is 1. The van der Waals surface area contributed by atoms with Crippen LogP contribution in [0.25, 0.3) is 0 Å². The van der Waals surface area contributed by atoms with Crippen LogP contribution in [-0.4, -0.2) is 12.1 Å². The fraction of sp³-hybridized carbons (Fsp3) is 0.0833. The zero-order chi connectivity index (χ0) is 12.3. The molecular weight excluding hydrogens is 221 g/mol. The molecule has 0 saturated heterocycles. The quantitative estimate of drug-likeness (QED) is 0.855. The average molecular weight is 233 g/mol. The first-order chi connectivity index (χ1) is 8.20. The van der Waals surface area contributed by atoms with E-state index in [0.29, 0.717) is 22.9 Å². The molecule has 0 amide bonds. The summed E-state index contributed by atoms with van der Waals surface area (Å²) >= 11 is 0. The summed E-state index contributed by atoms with van der Waals surface area (Å²) in [4.78, 5) is 3.94. The lowest BCUT2D eigenvalue weighted by molar-refractivity contribution is 0.398. The van der Waals surface area contributed by atoms with Crippen LogP contribution in [0.1, 0.15) is 0 Å². The molecule has 1 heterocycles.